The van der Waals surface area contributed by atoms with Gasteiger partial charge in [0.05, 0.1) is 5.56 Å². The van der Waals surface area contributed by atoms with E-state index in [2.05, 4.69) is 0 Å². The lowest BCUT2D eigenvalue weighted by Gasteiger charge is -2.10. The van der Waals surface area contributed by atoms with Crippen LogP contribution < -0.4 is 0 Å². The number of phenolic OH excluding ortho intramolecular Hbond substituents is 2. The van der Waals surface area contributed by atoms with Crippen molar-refractivity contribution in [2.24, 2.45) is 0 Å². The third-order valence-corrected chi connectivity index (χ3v) is 4.13. The van der Waals surface area contributed by atoms with Crippen molar-refractivity contribution < 1.29 is 15.0 Å². The largest absolute Gasteiger partial charge is 0.504 e. The molecule has 20 heavy (non-hydrogen) atoms. The van der Waals surface area contributed by atoms with Gasteiger partial charge in [0.15, 0.2) is 17.8 Å². The zero-order chi connectivity index (χ0) is 14.5. The van der Waals surface area contributed by atoms with Crippen LogP contribution in [0, 0.1) is 6.92 Å². The van der Waals surface area contributed by atoms with Crippen LogP contribution in [-0.4, -0.2) is 16.5 Å². The molecule has 0 radical (unpaired) electrons. The van der Waals surface area contributed by atoms with E-state index in [4.69, 9.17) is 0 Å². The van der Waals surface area contributed by atoms with Crippen LogP contribution in [0.4, 0.5) is 0 Å². The van der Waals surface area contributed by atoms with Gasteiger partial charge < -0.3 is 10.2 Å². The summed E-state index contributed by atoms with van der Waals surface area (Å²) in [6, 6.07) is 11.8. The minimum absolute atomic E-state index is 0.175. The maximum atomic E-state index is 11.1. The van der Waals surface area contributed by atoms with Crippen molar-refractivity contribution in [1.82, 2.24) is 0 Å². The van der Waals surface area contributed by atoms with Crippen LogP contribution in [0.15, 0.2) is 36.4 Å². The van der Waals surface area contributed by atoms with Crippen LogP contribution in [0.2, 0.25) is 0 Å². The molecule has 4 heteroatoms. The Balaban J connectivity index is 2.12. The number of carbonyl (C=O) groups excluding carboxylic acids is 1. The molecular formula is C16H16O3S. The van der Waals surface area contributed by atoms with Gasteiger partial charge in [-0.05, 0) is 23.6 Å². The highest BCUT2D eigenvalue weighted by atomic mass is 32.2. The highest BCUT2D eigenvalue weighted by Gasteiger charge is 2.14. The van der Waals surface area contributed by atoms with Crippen molar-refractivity contribution >= 4 is 18.0 Å². The molecule has 0 saturated heterocycles. The van der Waals surface area contributed by atoms with Gasteiger partial charge in [-0.3, -0.25) is 4.79 Å². The van der Waals surface area contributed by atoms with Gasteiger partial charge in [-0.1, -0.05) is 36.4 Å². The zero-order valence-corrected chi connectivity index (χ0v) is 12.0. The van der Waals surface area contributed by atoms with Crippen LogP contribution in [-0.2, 0) is 11.5 Å². The summed E-state index contributed by atoms with van der Waals surface area (Å²) in [6.45, 7) is 1.70. The highest BCUT2D eigenvalue weighted by Crippen LogP contribution is 2.35. The fraction of sp³-hybridized carbons (Fsp3) is 0.188. The third-order valence-electron chi connectivity index (χ3n) is 3.08. The van der Waals surface area contributed by atoms with Gasteiger partial charge in [0.25, 0.3) is 0 Å². The number of aldehydes is 1. The fourth-order valence-electron chi connectivity index (χ4n) is 1.98. The summed E-state index contributed by atoms with van der Waals surface area (Å²) in [5, 5.41) is 19.4. The second kappa shape index (κ2) is 6.48. The van der Waals surface area contributed by atoms with Gasteiger partial charge in [0, 0.05) is 11.5 Å². The van der Waals surface area contributed by atoms with E-state index in [1.54, 1.807) is 24.8 Å². The molecule has 0 aliphatic rings. The molecule has 0 heterocycles. The molecule has 0 spiro atoms. The molecule has 2 aromatic rings. The second-order valence-corrected chi connectivity index (χ2v) is 5.55. The van der Waals surface area contributed by atoms with Crippen molar-refractivity contribution in [3.8, 4) is 11.5 Å². The molecule has 0 aromatic heterocycles. The lowest BCUT2D eigenvalue weighted by atomic mass is 10.0. The minimum Gasteiger partial charge on any atom is -0.504 e. The molecule has 0 aliphatic heterocycles. The number of benzene rings is 2. The lowest BCUT2D eigenvalue weighted by molar-refractivity contribution is 0.111. The van der Waals surface area contributed by atoms with E-state index in [9.17, 15) is 15.0 Å². The number of hydrogen-bond acceptors (Lipinski definition) is 4. The average molecular weight is 288 g/mol. The second-order valence-electron chi connectivity index (χ2n) is 4.56. The monoisotopic (exact) mass is 288 g/mol. The van der Waals surface area contributed by atoms with Crippen molar-refractivity contribution in [3.63, 3.8) is 0 Å². The molecule has 0 saturated carbocycles. The van der Waals surface area contributed by atoms with Gasteiger partial charge in [-0.25, -0.2) is 0 Å². The fourth-order valence-corrected chi connectivity index (χ4v) is 2.97. The average Bonchev–Trinajstić information content (AvgIpc) is 2.46. The minimum atomic E-state index is -0.324. The van der Waals surface area contributed by atoms with E-state index >= 15 is 0 Å². The van der Waals surface area contributed by atoms with Crippen molar-refractivity contribution in [1.29, 1.82) is 0 Å². The van der Waals surface area contributed by atoms with E-state index in [1.165, 1.54) is 5.56 Å². The Labute approximate surface area is 122 Å². The first kappa shape index (κ1) is 14.5. The highest BCUT2D eigenvalue weighted by molar-refractivity contribution is 7.97. The first-order chi connectivity index (χ1) is 9.63. The Morgan fingerprint density at radius 3 is 2.45 bits per heavy atom. The van der Waals surface area contributed by atoms with Crippen molar-refractivity contribution in [3.05, 3.63) is 58.7 Å². The number of aryl methyl sites for hydroxylation is 1. The summed E-state index contributed by atoms with van der Waals surface area (Å²) in [5.41, 5.74) is 2.70. The summed E-state index contributed by atoms with van der Waals surface area (Å²) in [7, 11) is 0. The van der Waals surface area contributed by atoms with E-state index in [1.807, 2.05) is 30.3 Å². The molecule has 2 rings (SSSR count). The molecule has 2 aromatic carbocycles. The molecule has 0 amide bonds. The molecular weight excluding hydrogens is 272 g/mol. The Bertz CT molecular complexity index is 609. The van der Waals surface area contributed by atoms with Gasteiger partial charge >= 0.3 is 0 Å². The molecule has 0 fully saturated rings. The maximum Gasteiger partial charge on any atom is 0.168 e. The maximum absolute atomic E-state index is 11.1. The van der Waals surface area contributed by atoms with E-state index in [0.717, 1.165) is 11.3 Å². The van der Waals surface area contributed by atoms with Crippen LogP contribution in [0.5, 0.6) is 11.5 Å². The number of hydrogen-bond donors (Lipinski definition) is 2. The number of carbonyl (C=O) groups is 1. The zero-order valence-electron chi connectivity index (χ0n) is 11.2. The topological polar surface area (TPSA) is 57.5 Å². The summed E-state index contributed by atoms with van der Waals surface area (Å²) in [5.74, 6) is 0.900. The van der Waals surface area contributed by atoms with Gasteiger partial charge in [-0.15, -0.1) is 0 Å². The molecule has 3 nitrogen and oxygen atoms in total. The molecule has 0 unspecified atom stereocenters. The SMILES string of the molecule is Cc1cc(CSCc2ccccc2)c(C=O)c(O)c1O. The van der Waals surface area contributed by atoms with E-state index < -0.39 is 0 Å². The van der Waals surface area contributed by atoms with Crippen LogP contribution in [0.1, 0.15) is 27.0 Å². The Hall–Kier alpha value is -1.94. The van der Waals surface area contributed by atoms with Gasteiger partial charge in [-0.2, -0.15) is 11.8 Å². The summed E-state index contributed by atoms with van der Waals surface area (Å²) in [6.07, 6.45) is 0.590. The van der Waals surface area contributed by atoms with E-state index in [-0.39, 0.29) is 17.1 Å². The Morgan fingerprint density at radius 1 is 1.10 bits per heavy atom. The molecule has 0 bridgehead atoms. The first-order valence-corrected chi connectivity index (χ1v) is 7.40. The van der Waals surface area contributed by atoms with E-state index in [0.29, 0.717) is 17.6 Å². The number of aromatic hydroxyl groups is 2. The Kier molecular flexibility index (Phi) is 4.69. The van der Waals surface area contributed by atoms with Crippen molar-refractivity contribution in [2.45, 2.75) is 18.4 Å². The molecule has 104 valence electrons. The number of rotatable bonds is 5. The number of phenols is 2. The Morgan fingerprint density at radius 2 is 1.80 bits per heavy atom. The third kappa shape index (κ3) is 3.14. The van der Waals surface area contributed by atoms with Crippen LogP contribution >= 0.6 is 11.8 Å². The smallest absolute Gasteiger partial charge is 0.168 e. The summed E-state index contributed by atoms with van der Waals surface area (Å²) in [4.78, 5) is 11.1. The first-order valence-electron chi connectivity index (χ1n) is 6.24. The normalized spacial score (nSPS) is 10.4. The summed E-state index contributed by atoms with van der Waals surface area (Å²) >= 11 is 1.66. The molecule has 0 atom stereocenters. The van der Waals surface area contributed by atoms with Crippen molar-refractivity contribution in [2.75, 3.05) is 0 Å². The summed E-state index contributed by atoms with van der Waals surface area (Å²) < 4.78 is 0. The molecule has 2 N–H and O–H groups in total. The van der Waals surface area contributed by atoms with Crippen LogP contribution in [0.3, 0.4) is 0 Å². The predicted octanol–water partition coefficient (Wildman–Crippen LogP) is 3.65. The number of thioether (sulfide) groups is 1. The molecule has 0 aliphatic carbocycles. The predicted molar refractivity (Wildman–Crippen MR) is 81.3 cm³/mol. The van der Waals surface area contributed by atoms with Gasteiger partial charge in [0.2, 0.25) is 0 Å². The standard InChI is InChI=1S/C16H16O3S/c1-11-7-13(14(8-17)16(19)15(11)18)10-20-9-12-5-3-2-4-6-12/h2-8,18-19H,9-10H2,1H3. The van der Waals surface area contributed by atoms with Crippen LogP contribution in [0.25, 0.3) is 0 Å². The quantitative estimate of drug-likeness (QED) is 0.651. The lowest BCUT2D eigenvalue weighted by Crippen LogP contribution is -1.94. The van der Waals surface area contributed by atoms with Gasteiger partial charge in [0.1, 0.15) is 0 Å².